The molecule has 6 nitrogen and oxygen atoms in total. The Balaban J connectivity index is 1.84. The molecule has 10 atom stereocenters. The van der Waals surface area contributed by atoms with Crippen molar-refractivity contribution in [2.45, 2.75) is 70.3 Å². The van der Waals surface area contributed by atoms with E-state index in [2.05, 4.69) is 0 Å². The molecule has 33 heavy (non-hydrogen) atoms. The summed E-state index contributed by atoms with van der Waals surface area (Å²) in [5.74, 6) is -5.61. The van der Waals surface area contributed by atoms with Crippen LogP contribution in [0.15, 0.2) is 23.8 Å². The van der Waals surface area contributed by atoms with Gasteiger partial charge in [0.1, 0.15) is 11.8 Å². The molecule has 0 aromatic carbocycles. The number of hydrogen-bond acceptors (Lipinski definition) is 6. The summed E-state index contributed by atoms with van der Waals surface area (Å²) in [6.07, 6.45) is -3.76. The predicted octanol–water partition coefficient (Wildman–Crippen LogP) is 2.36. The molecule has 4 aliphatic rings. The van der Waals surface area contributed by atoms with Gasteiger partial charge in [-0.05, 0) is 49.3 Å². The van der Waals surface area contributed by atoms with E-state index in [1.807, 2.05) is 0 Å². The monoisotopic (exact) mass is 470 g/mol. The van der Waals surface area contributed by atoms with Crippen LogP contribution in [0.4, 0.5) is 13.2 Å². The first-order valence-electron chi connectivity index (χ1n) is 11.2. The zero-order valence-electron chi connectivity index (χ0n) is 19.0. The molecule has 4 rings (SSSR count). The predicted molar refractivity (Wildman–Crippen MR) is 110 cm³/mol. The maximum absolute atomic E-state index is 17.0. The van der Waals surface area contributed by atoms with Gasteiger partial charge in [-0.1, -0.05) is 19.9 Å². The third-order valence-electron chi connectivity index (χ3n) is 9.06. The zero-order valence-corrected chi connectivity index (χ0v) is 19.0. The van der Waals surface area contributed by atoms with Crippen molar-refractivity contribution in [1.82, 2.24) is 0 Å². The van der Waals surface area contributed by atoms with E-state index in [0.29, 0.717) is 0 Å². The minimum absolute atomic E-state index is 0.00673. The summed E-state index contributed by atoms with van der Waals surface area (Å²) in [4.78, 5) is 36.1. The highest BCUT2D eigenvalue weighted by molar-refractivity contribution is 6.01. The number of ketones is 2. The molecule has 0 saturated heterocycles. The number of alkyl halides is 3. The van der Waals surface area contributed by atoms with Crippen molar-refractivity contribution in [3.8, 4) is 0 Å². The largest absolute Gasteiger partial charge is 0.458 e. The molecular formula is C24H29F3O6. The van der Waals surface area contributed by atoms with Crippen LogP contribution in [0.2, 0.25) is 0 Å². The molecule has 0 bridgehead atoms. The maximum atomic E-state index is 17.0. The average molecular weight is 470 g/mol. The second-order valence-corrected chi connectivity index (χ2v) is 10.5. The maximum Gasteiger partial charge on any atom is 0.303 e. The molecule has 0 aromatic heterocycles. The molecule has 0 amide bonds. The van der Waals surface area contributed by atoms with E-state index in [0.717, 1.165) is 19.1 Å². The van der Waals surface area contributed by atoms with Gasteiger partial charge in [-0.3, -0.25) is 14.4 Å². The molecule has 0 aliphatic heterocycles. The molecule has 2 N–H and O–H groups in total. The van der Waals surface area contributed by atoms with Gasteiger partial charge >= 0.3 is 5.97 Å². The van der Waals surface area contributed by atoms with Crippen molar-refractivity contribution in [2.75, 3.05) is 6.61 Å². The number of carbonyl (C=O) groups is 3. The number of hydrogen-bond donors (Lipinski definition) is 2. The van der Waals surface area contributed by atoms with Crippen molar-refractivity contribution < 1.29 is 42.5 Å². The lowest BCUT2D eigenvalue weighted by Crippen LogP contribution is -2.73. The van der Waals surface area contributed by atoms with Gasteiger partial charge in [-0.15, -0.1) is 0 Å². The summed E-state index contributed by atoms with van der Waals surface area (Å²) >= 11 is 0. The van der Waals surface area contributed by atoms with Crippen molar-refractivity contribution in [2.24, 2.45) is 28.6 Å². The van der Waals surface area contributed by atoms with Crippen molar-refractivity contribution in [3.63, 3.8) is 0 Å². The minimum atomic E-state index is -2.67. The van der Waals surface area contributed by atoms with Crippen LogP contribution in [0.1, 0.15) is 40.5 Å². The van der Waals surface area contributed by atoms with Crippen LogP contribution in [0.25, 0.3) is 0 Å². The molecule has 0 spiro atoms. The van der Waals surface area contributed by atoms with Crippen LogP contribution in [-0.4, -0.2) is 64.1 Å². The van der Waals surface area contributed by atoms with Crippen LogP contribution < -0.4 is 0 Å². The molecule has 3 saturated carbocycles. The topological polar surface area (TPSA) is 101 Å². The van der Waals surface area contributed by atoms with Crippen LogP contribution in [0.3, 0.4) is 0 Å². The average Bonchev–Trinajstić information content (AvgIpc) is 2.93. The van der Waals surface area contributed by atoms with Gasteiger partial charge in [0.2, 0.25) is 5.78 Å². The normalized spacial score (nSPS) is 50.7. The summed E-state index contributed by atoms with van der Waals surface area (Å²) < 4.78 is 52.9. The van der Waals surface area contributed by atoms with Gasteiger partial charge in [0.05, 0.1) is 6.10 Å². The van der Waals surface area contributed by atoms with Crippen molar-refractivity contribution in [3.05, 3.63) is 23.8 Å². The third-order valence-corrected chi connectivity index (χ3v) is 9.06. The molecule has 0 radical (unpaired) electrons. The molecule has 182 valence electrons. The van der Waals surface area contributed by atoms with Gasteiger partial charge in [0, 0.05) is 23.7 Å². The number of halogens is 3. The number of aliphatic hydroxyl groups is 2. The summed E-state index contributed by atoms with van der Waals surface area (Å²) in [5, 5.41) is 22.8. The van der Waals surface area contributed by atoms with Crippen LogP contribution >= 0.6 is 0 Å². The third kappa shape index (κ3) is 2.78. The number of esters is 1. The van der Waals surface area contributed by atoms with Gasteiger partial charge in [-0.25, -0.2) is 13.2 Å². The van der Waals surface area contributed by atoms with Gasteiger partial charge < -0.3 is 14.9 Å². The fraction of sp³-hybridized carbons (Fsp3) is 0.708. The van der Waals surface area contributed by atoms with Crippen LogP contribution in [0.5, 0.6) is 0 Å². The van der Waals surface area contributed by atoms with Crippen molar-refractivity contribution in [1.29, 1.82) is 0 Å². The Morgan fingerprint density at radius 2 is 1.91 bits per heavy atom. The second-order valence-electron chi connectivity index (χ2n) is 10.5. The quantitative estimate of drug-likeness (QED) is 0.615. The van der Waals surface area contributed by atoms with Crippen LogP contribution in [0, 0.1) is 28.6 Å². The molecule has 4 unspecified atom stereocenters. The first-order valence-corrected chi connectivity index (χ1v) is 11.2. The van der Waals surface area contributed by atoms with E-state index >= 15 is 13.2 Å². The fourth-order valence-electron chi connectivity index (χ4n) is 7.35. The second kappa shape index (κ2) is 7.25. The Labute approximate surface area is 189 Å². The minimum Gasteiger partial charge on any atom is -0.458 e. The van der Waals surface area contributed by atoms with Gasteiger partial charge in [0.25, 0.3) is 0 Å². The Kier molecular flexibility index (Phi) is 5.30. The Morgan fingerprint density at radius 1 is 1.27 bits per heavy atom. The number of carbonyl (C=O) groups excluding carboxylic acids is 3. The number of aliphatic hydroxyl groups excluding tert-OH is 1. The Hall–Kier alpha value is -2.00. The smallest absolute Gasteiger partial charge is 0.303 e. The molecule has 0 aromatic rings. The van der Waals surface area contributed by atoms with E-state index in [1.54, 1.807) is 6.92 Å². The molecule has 9 heteroatoms. The number of ether oxygens (including phenoxy) is 1. The van der Waals surface area contributed by atoms with Gasteiger partial charge in [-0.2, -0.15) is 0 Å². The highest BCUT2D eigenvalue weighted by atomic mass is 19.2. The molecular weight excluding hydrogens is 441 g/mol. The first kappa shape index (κ1) is 24.1. The number of allylic oxidation sites excluding steroid dienone is 4. The highest BCUT2D eigenvalue weighted by Crippen LogP contribution is 2.71. The summed E-state index contributed by atoms with van der Waals surface area (Å²) in [6, 6.07) is 0. The molecule has 3 fully saturated rings. The lowest BCUT2D eigenvalue weighted by atomic mass is 9.44. The number of fused-ring (bicyclic) bond motifs is 5. The Morgan fingerprint density at radius 3 is 2.52 bits per heavy atom. The van der Waals surface area contributed by atoms with E-state index in [4.69, 9.17) is 4.74 Å². The fourth-order valence-corrected chi connectivity index (χ4v) is 7.35. The summed E-state index contributed by atoms with van der Waals surface area (Å²) in [6.45, 7) is 4.75. The van der Waals surface area contributed by atoms with Gasteiger partial charge in [0.15, 0.2) is 24.2 Å². The van der Waals surface area contributed by atoms with Crippen LogP contribution in [-0.2, 0) is 19.1 Å². The van der Waals surface area contributed by atoms with E-state index < -0.39 is 88.9 Å². The number of rotatable bonds is 3. The SMILES string of the molecule is CC(=O)OCC(=O)[C@@]1(O)C(C)C[C@H]2[C@@H]3C(F)C(F)C4=CC(=O)C=C[C@]4(C)[C@@]3(F)C(O)C[C@@]21C. The summed E-state index contributed by atoms with van der Waals surface area (Å²) in [7, 11) is 0. The van der Waals surface area contributed by atoms with E-state index in [1.165, 1.54) is 19.9 Å². The lowest BCUT2D eigenvalue weighted by molar-refractivity contribution is -0.238. The number of Topliss-reactive ketones (excluding diaryl/α,β-unsaturated/α-hetero) is 1. The standard InChI is InChI=1S/C24H29F3O6/c1-11-7-14-18-20(26)19(25)15-8-13(29)5-6-21(15,3)23(18,27)16(30)9-22(14,4)24(11,32)17(31)10-33-12(2)28/h5-6,8,11,14,16,18-20,30,32H,7,9-10H2,1-4H3/t11?,14-,16?,18+,19?,20?,21-,22-,23+,24-/m0/s1. The highest BCUT2D eigenvalue weighted by Gasteiger charge is 2.78. The first-order chi connectivity index (χ1) is 15.2. The van der Waals surface area contributed by atoms with E-state index in [-0.39, 0.29) is 12.0 Å². The molecule has 0 heterocycles. The Bertz CT molecular complexity index is 979. The van der Waals surface area contributed by atoms with Crippen molar-refractivity contribution >= 4 is 17.5 Å². The summed E-state index contributed by atoms with van der Waals surface area (Å²) in [5.41, 5.74) is -8.45. The zero-order chi connectivity index (χ0) is 24.7. The van der Waals surface area contributed by atoms with E-state index in [9.17, 15) is 24.6 Å². The lowest BCUT2D eigenvalue weighted by Gasteiger charge is -2.63. The molecule has 4 aliphatic carbocycles.